The Morgan fingerprint density at radius 3 is 1.52 bits per heavy atom. The molecule has 0 aliphatic rings. The van der Waals surface area contributed by atoms with Crippen molar-refractivity contribution in [3.8, 4) is 0 Å². The highest BCUT2D eigenvalue weighted by Crippen LogP contribution is 2.43. The molecular formula is C37H71O10P. The first-order chi connectivity index (χ1) is 23.2. The van der Waals surface area contributed by atoms with E-state index < -0.39 is 51.8 Å². The Labute approximate surface area is 292 Å². The third kappa shape index (κ3) is 33.2. The number of aliphatic hydroxyl groups is 2. The second kappa shape index (κ2) is 34.2. The maximum Gasteiger partial charge on any atom is 0.472 e. The highest BCUT2D eigenvalue weighted by molar-refractivity contribution is 7.47. The summed E-state index contributed by atoms with van der Waals surface area (Å²) < 4.78 is 32.5. The highest BCUT2D eigenvalue weighted by atomic mass is 31.2. The maximum atomic E-state index is 12.5. The van der Waals surface area contributed by atoms with Gasteiger partial charge in [0.2, 0.25) is 0 Å². The van der Waals surface area contributed by atoms with Gasteiger partial charge in [-0.25, -0.2) is 4.57 Å². The molecule has 0 aromatic rings. The van der Waals surface area contributed by atoms with Crippen molar-refractivity contribution in [2.24, 2.45) is 0 Å². The normalized spacial score (nSPS) is 14.2. The van der Waals surface area contributed by atoms with Crippen LogP contribution in [0.15, 0.2) is 12.2 Å². The van der Waals surface area contributed by atoms with Crippen molar-refractivity contribution >= 4 is 19.8 Å². The third-order valence-electron chi connectivity index (χ3n) is 8.17. The Bertz CT molecular complexity index is 822. The average Bonchev–Trinajstić information content (AvgIpc) is 3.07. The lowest BCUT2D eigenvalue weighted by Gasteiger charge is -2.20. The molecule has 0 saturated heterocycles. The molecule has 0 aromatic carbocycles. The molecule has 11 heteroatoms. The fraction of sp³-hybridized carbons (Fsp3) is 0.892. The molecule has 48 heavy (non-hydrogen) atoms. The topological polar surface area (TPSA) is 149 Å². The Morgan fingerprint density at radius 2 is 1.02 bits per heavy atom. The highest BCUT2D eigenvalue weighted by Gasteiger charge is 2.27. The predicted molar refractivity (Wildman–Crippen MR) is 192 cm³/mol. The molecule has 0 fully saturated rings. The van der Waals surface area contributed by atoms with E-state index in [-0.39, 0.29) is 19.4 Å². The van der Waals surface area contributed by atoms with Crippen LogP contribution in [0.3, 0.4) is 0 Å². The summed E-state index contributed by atoms with van der Waals surface area (Å²) in [5, 5.41) is 18.3. The quantitative estimate of drug-likeness (QED) is 0.0249. The SMILES string of the molecule is CCCCCC/C=C\CCCCCCCC(=O)O[C@H](COC(=O)CCCCCCCCCCCCCC)COP(=O)(O)OC[C@@H](O)CO. The number of rotatable bonds is 36. The zero-order valence-electron chi connectivity index (χ0n) is 30.5. The van der Waals surface area contributed by atoms with E-state index in [1.54, 1.807) is 0 Å². The molecule has 0 aliphatic carbocycles. The maximum absolute atomic E-state index is 12.5. The van der Waals surface area contributed by atoms with Crippen molar-refractivity contribution < 1.29 is 47.8 Å². The van der Waals surface area contributed by atoms with Crippen LogP contribution < -0.4 is 0 Å². The van der Waals surface area contributed by atoms with Crippen molar-refractivity contribution in [2.45, 2.75) is 187 Å². The van der Waals surface area contributed by atoms with Crippen LogP contribution in [0.4, 0.5) is 0 Å². The lowest BCUT2D eigenvalue weighted by atomic mass is 10.0. The summed E-state index contributed by atoms with van der Waals surface area (Å²) >= 11 is 0. The van der Waals surface area contributed by atoms with Gasteiger partial charge in [-0.05, 0) is 38.5 Å². The first kappa shape index (κ1) is 46.7. The van der Waals surface area contributed by atoms with Gasteiger partial charge in [0.25, 0.3) is 0 Å². The van der Waals surface area contributed by atoms with Crippen molar-refractivity contribution in [2.75, 3.05) is 26.4 Å². The number of phosphoric ester groups is 1. The molecular weight excluding hydrogens is 635 g/mol. The standard InChI is InChI=1S/C37H71O10P/c1-3-5-7-9-11-13-15-17-19-21-23-25-27-29-37(41)47-35(33-46-48(42,43)45-31-34(39)30-38)32-44-36(40)28-26-24-22-20-18-16-14-12-10-8-6-4-2/h13,15,34-35,38-39H,3-12,14,16-33H2,1-2H3,(H,42,43)/b15-13-/t34-,35+/m0/s1. The van der Waals surface area contributed by atoms with Crippen LogP contribution in [0.1, 0.15) is 174 Å². The Kier molecular flexibility index (Phi) is 33.3. The van der Waals surface area contributed by atoms with Gasteiger partial charge in [-0.3, -0.25) is 18.6 Å². The Balaban J connectivity index is 4.37. The molecule has 0 bridgehead atoms. The van der Waals surface area contributed by atoms with Crippen LogP contribution in [0.5, 0.6) is 0 Å². The molecule has 284 valence electrons. The van der Waals surface area contributed by atoms with E-state index >= 15 is 0 Å². The summed E-state index contributed by atoms with van der Waals surface area (Å²) in [7, 11) is -4.61. The molecule has 0 aromatic heterocycles. The lowest BCUT2D eigenvalue weighted by Crippen LogP contribution is -2.29. The minimum atomic E-state index is -4.61. The van der Waals surface area contributed by atoms with Gasteiger partial charge < -0.3 is 24.6 Å². The van der Waals surface area contributed by atoms with Gasteiger partial charge >= 0.3 is 19.8 Å². The van der Waals surface area contributed by atoms with Crippen molar-refractivity contribution in [1.29, 1.82) is 0 Å². The van der Waals surface area contributed by atoms with E-state index in [1.165, 1.54) is 77.0 Å². The molecule has 0 spiro atoms. The summed E-state index contributed by atoms with van der Waals surface area (Å²) in [6, 6.07) is 0. The van der Waals surface area contributed by atoms with Crippen molar-refractivity contribution in [3.05, 3.63) is 12.2 Å². The minimum Gasteiger partial charge on any atom is -0.462 e. The van der Waals surface area contributed by atoms with E-state index in [0.29, 0.717) is 12.8 Å². The molecule has 0 radical (unpaired) electrons. The number of allylic oxidation sites excluding steroid dienone is 2. The van der Waals surface area contributed by atoms with Crippen LogP contribution in [-0.2, 0) is 32.7 Å². The molecule has 1 unspecified atom stereocenters. The number of phosphoric acid groups is 1. The number of aliphatic hydroxyl groups excluding tert-OH is 2. The molecule has 3 atom stereocenters. The molecule has 0 saturated carbocycles. The van der Waals surface area contributed by atoms with Gasteiger partial charge in [0.15, 0.2) is 6.10 Å². The van der Waals surface area contributed by atoms with E-state index in [1.807, 2.05) is 0 Å². The van der Waals surface area contributed by atoms with Gasteiger partial charge in [-0.2, -0.15) is 0 Å². The third-order valence-corrected chi connectivity index (χ3v) is 9.12. The summed E-state index contributed by atoms with van der Waals surface area (Å²) in [5.74, 6) is -0.931. The van der Waals surface area contributed by atoms with Gasteiger partial charge in [0.05, 0.1) is 19.8 Å². The predicted octanol–water partition coefficient (Wildman–Crippen LogP) is 9.28. The lowest BCUT2D eigenvalue weighted by molar-refractivity contribution is -0.161. The Hall–Kier alpha value is -1.29. The zero-order valence-corrected chi connectivity index (χ0v) is 31.4. The first-order valence-corrected chi connectivity index (χ1v) is 20.6. The van der Waals surface area contributed by atoms with E-state index in [0.717, 1.165) is 57.8 Å². The van der Waals surface area contributed by atoms with Gasteiger partial charge in [-0.1, -0.05) is 135 Å². The smallest absolute Gasteiger partial charge is 0.462 e. The second-order valence-electron chi connectivity index (χ2n) is 13.0. The summed E-state index contributed by atoms with van der Waals surface area (Å²) in [4.78, 5) is 34.8. The largest absolute Gasteiger partial charge is 0.472 e. The Morgan fingerprint density at radius 1 is 0.604 bits per heavy atom. The summed E-state index contributed by atoms with van der Waals surface area (Å²) in [5.41, 5.74) is 0. The minimum absolute atomic E-state index is 0.178. The molecule has 3 N–H and O–H groups in total. The van der Waals surface area contributed by atoms with Crippen molar-refractivity contribution in [1.82, 2.24) is 0 Å². The van der Waals surface area contributed by atoms with Crippen LogP contribution >= 0.6 is 7.82 Å². The average molecular weight is 707 g/mol. The number of hydrogen-bond donors (Lipinski definition) is 3. The van der Waals surface area contributed by atoms with Crippen LogP contribution in [0, 0.1) is 0 Å². The van der Waals surface area contributed by atoms with Gasteiger partial charge in [0.1, 0.15) is 12.7 Å². The van der Waals surface area contributed by atoms with E-state index in [9.17, 15) is 24.2 Å². The van der Waals surface area contributed by atoms with Crippen LogP contribution in [0.25, 0.3) is 0 Å². The monoisotopic (exact) mass is 706 g/mol. The molecule has 0 heterocycles. The zero-order chi connectivity index (χ0) is 35.6. The number of carbonyl (C=O) groups excluding carboxylic acids is 2. The fourth-order valence-corrected chi connectivity index (χ4v) is 5.95. The summed E-state index contributed by atoms with van der Waals surface area (Å²) in [6.07, 6.45) is 28.9. The van der Waals surface area contributed by atoms with Crippen molar-refractivity contribution in [3.63, 3.8) is 0 Å². The number of hydrogen-bond acceptors (Lipinski definition) is 9. The van der Waals surface area contributed by atoms with Gasteiger partial charge in [0, 0.05) is 12.8 Å². The van der Waals surface area contributed by atoms with Gasteiger partial charge in [-0.15, -0.1) is 0 Å². The second-order valence-corrected chi connectivity index (χ2v) is 14.4. The molecule has 10 nitrogen and oxygen atoms in total. The van der Waals surface area contributed by atoms with Crippen LogP contribution in [-0.4, -0.2) is 65.7 Å². The molecule has 0 amide bonds. The fourth-order valence-electron chi connectivity index (χ4n) is 5.16. The number of esters is 2. The molecule has 0 rings (SSSR count). The first-order valence-electron chi connectivity index (χ1n) is 19.1. The number of unbranched alkanes of at least 4 members (excludes halogenated alkanes) is 20. The molecule has 0 aliphatic heterocycles. The van der Waals surface area contributed by atoms with E-state index in [2.05, 4.69) is 30.5 Å². The number of carbonyl (C=O) groups is 2. The van der Waals surface area contributed by atoms with E-state index in [4.69, 9.17) is 19.1 Å². The van der Waals surface area contributed by atoms with Crippen LogP contribution in [0.2, 0.25) is 0 Å². The summed E-state index contributed by atoms with van der Waals surface area (Å²) in [6.45, 7) is 2.34. The number of ether oxygens (including phenoxy) is 2.